The van der Waals surface area contributed by atoms with E-state index < -0.39 is 0 Å². The van der Waals surface area contributed by atoms with Crippen LogP contribution in [0.3, 0.4) is 0 Å². The first-order chi connectivity index (χ1) is 10.8. The van der Waals surface area contributed by atoms with E-state index in [1.165, 1.54) is 22.3 Å². The maximum absolute atomic E-state index is 5.52. The molecule has 22 heavy (non-hydrogen) atoms. The van der Waals surface area contributed by atoms with Crippen LogP contribution in [0.25, 0.3) is 0 Å². The summed E-state index contributed by atoms with van der Waals surface area (Å²) in [6.45, 7) is 0. The number of benzene rings is 3. The van der Waals surface area contributed by atoms with Gasteiger partial charge in [0.25, 0.3) is 0 Å². The highest BCUT2D eigenvalue weighted by molar-refractivity contribution is 5.42. The molecule has 3 rings (SSSR count). The van der Waals surface area contributed by atoms with Crippen LogP contribution in [0, 0.1) is 0 Å². The van der Waals surface area contributed by atoms with Crippen LogP contribution >= 0.6 is 0 Å². The van der Waals surface area contributed by atoms with Gasteiger partial charge < -0.3 is 4.74 Å². The minimum atomic E-state index is 0.895. The molecular formula is C21H20O. The molecule has 0 unspecified atom stereocenters. The number of rotatable bonds is 5. The zero-order chi connectivity index (χ0) is 15.2. The van der Waals surface area contributed by atoms with Crippen molar-refractivity contribution in [2.75, 3.05) is 7.11 Å². The van der Waals surface area contributed by atoms with Gasteiger partial charge in [0.2, 0.25) is 0 Å². The summed E-state index contributed by atoms with van der Waals surface area (Å²) in [5.41, 5.74) is 5.19. The van der Waals surface area contributed by atoms with Gasteiger partial charge in [-0.05, 0) is 34.7 Å². The molecule has 3 aromatic carbocycles. The summed E-state index contributed by atoms with van der Waals surface area (Å²) >= 11 is 0. The van der Waals surface area contributed by atoms with E-state index in [2.05, 4.69) is 72.8 Å². The highest BCUT2D eigenvalue weighted by Crippen LogP contribution is 2.24. The van der Waals surface area contributed by atoms with E-state index in [9.17, 15) is 0 Å². The molecule has 0 heterocycles. The van der Waals surface area contributed by atoms with Gasteiger partial charge in [-0.15, -0.1) is 0 Å². The van der Waals surface area contributed by atoms with E-state index in [1.54, 1.807) is 7.11 Å². The Morgan fingerprint density at radius 1 is 0.636 bits per heavy atom. The van der Waals surface area contributed by atoms with Gasteiger partial charge in [-0.2, -0.15) is 0 Å². The quantitative estimate of drug-likeness (QED) is 0.650. The van der Waals surface area contributed by atoms with Crippen LogP contribution in [0.1, 0.15) is 22.3 Å². The van der Waals surface area contributed by atoms with E-state index in [-0.39, 0.29) is 0 Å². The zero-order valence-corrected chi connectivity index (χ0v) is 12.8. The highest BCUT2D eigenvalue weighted by atomic mass is 16.5. The SMILES string of the molecule is COc1ccc(Cc2ccccc2)cc1Cc1ccccc1. The third-order valence-electron chi connectivity index (χ3n) is 3.83. The van der Waals surface area contributed by atoms with Gasteiger partial charge in [0.05, 0.1) is 7.11 Å². The van der Waals surface area contributed by atoms with Gasteiger partial charge in [0.1, 0.15) is 5.75 Å². The third kappa shape index (κ3) is 3.56. The summed E-state index contributed by atoms with van der Waals surface area (Å²) in [6.07, 6.45) is 1.85. The summed E-state index contributed by atoms with van der Waals surface area (Å²) in [4.78, 5) is 0. The molecule has 110 valence electrons. The Morgan fingerprint density at radius 2 is 1.23 bits per heavy atom. The molecule has 0 saturated heterocycles. The van der Waals surface area contributed by atoms with Gasteiger partial charge in [-0.25, -0.2) is 0 Å². The lowest BCUT2D eigenvalue weighted by molar-refractivity contribution is 0.410. The molecule has 0 fully saturated rings. The molecule has 0 aliphatic rings. The second kappa shape index (κ2) is 6.95. The Balaban J connectivity index is 1.86. The molecule has 0 radical (unpaired) electrons. The van der Waals surface area contributed by atoms with Crippen molar-refractivity contribution in [3.8, 4) is 5.75 Å². The number of hydrogen-bond donors (Lipinski definition) is 0. The average molecular weight is 288 g/mol. The third-order valence-corrected chi connectivity index (χ3v) is 3.83. The Labute approximate surface area is 132 Å². The highest BCUT2D eigenvalue weighted by Gasteiger charge is 2.06. The first-order valence-electron chi connectivity index (χ1n) is 7.59. The summed E-state index contributed by atoms with van der Waals surface area (Å²) in [5, 5.41) is 0. The van der Waals surface area contributed by atoms with Crippen molar-refractivity contribution >= 4 is 0 Å². The van der Waals surface area contributed by atoms with E-state index in [1.807, 2.05) is 6.07 Å². The second-order valence-electron chi connectivity index (χ2n) is 5.47. The molecule has 0 amide bonds. The van der Waals surface area contributed by atoms with Crippen molar-refractivity contribution < 1.29 is 4.74 Å². The normalized spacial score (nSPS) is 10.4. The number of hydrogen-bond acceptors (Lipinski definition) is 1. The maximum Gasteiger partial charge on any atom is 0.122 e. The fourth-order valence-corrected chi connectivity index (χ4v) is 2.73. The lowest BCUT2D eigenvalue weighted by Gasteiger charge is -2.11. The molecule has 0 bridgehead atoms. The maximum atomic E-state index is 5.52. The lowest BCUT2D eigenvalue weighted by atomic mass is 9.98. The molecule has 3 aromatic rings. The van der Waals surface area contributed by atoms with Crippen LogP contribution in [-0.4, -0.2) is 7.11 Å². The van der Waals surface area contributed by atoms with Crippen molar-refractivity contribution in [1.29, 1.82) is 0 Å². The monoisotopic (exact) mass is 288 g/mol. The molecule has 0 N–H and O–H groups in total. The van der Waals surface area contributed by atoms with Crippen LogP contribution in [-0.2, 0) is 12.8 Å². The number of methoxy groups -OCH3 is 1. The van der Waals surface area contributed by atoms with E-state index >= 15 is 0 Å². The summed E-state index contributed by atoms with van der Waals surface area (Å²) in [6, 6.07) is 27.6. The Morgan fingerprint density at radius 3 is 1.82 bits per heavy atom. The van der Waals surface area contributed by atoms with E-state index in [4.69, 9.17) is 4.74 Å². The lowest BCUT2D eigenvalue weighted by Crippen LogP contribution is -1.97. The van der Waals surface area contributed by atoms with Crippen LogP contribution in [0.4, 0.5) is 0 Å². The first-order valence-corrected chi connectivity index (χ1v) is 7.59. The van der Waals surface area contributed by atoms with Crippen LogP contribution in [0.5, 0.6) is 5.75 Å². The fraction of sp³-hybridized carbons (Fsp3) is 0.143. The smallest absolute Gasteiger partial charge is 0.122 e. The average Bonchev–Trinajstić information content (AvgIpc) is 2.57. The molecular weight excluding hydrogens is 268 g/mol. The molecule has 0 aliphatic carbocycles. The molecule has 0 aromatic heterocycles. The van der Waals surface area contributed by atoms with Gasteiger partial charge in [0, 0.05) is 6.42 Å². The van der Waals surface area contributed by atoms with Crippen molar-refractivity contribution in [2.45, 2.75) is 12.8 Å². The van der Waals surface area contributed by atoms with E-state index in [0.29, 0.717) is 0 Å². The zero-order valence-electron chi connectivity index (χ0n) is 12.8. The Bertz CT molecular complexity index is 717. The molecule has 0 spiro atoms. The van der Waals surface area contributed by atoms with Crippen molar-refractivity contribution in [3.63, 3.8) is 0 Å². The molecule has 0 atom stereocenters. The topological polar surface area (TPSA) is 9.23 Å². The van der Waals surface area contributed by atoms with Crippen molar-refractivity contribution in [3.05, 3.63) is 101 Å². The minimum Gasteiger partial charge on any atom is -0.496 e. The van der Waals surface area contributed by atoms with Gasteiger partial charge in [-0.1, -0.05) is 72.8 Å². The predicted molar refractivity (Wildman–Crippen MR) is 91.5 cm³/mol. The molecule has 1 nitrogen and oxygen atoms in total. The van der Waals surface area contributed by atoms with Gasteiger partial charge >= 0.3 is 0 Å². The van der Waals surface area contributed by atoms with Crippen LogP contribution < -0.4 is 4.74 Å². The summed E-state index contributed by atoms with van der Waals surface area (Å²) in [7, 11) is 1.74. The molecule has 0 saturated carbocycles. The fourth-order valence-electron chi connectivity index (χ4n) is 2.73. The Hall–Kier alpha value is -2.54. The molecule has 0 aliphatic heterocycles. The second-order valence-corrected chi connectivity index (χ2v) is 5.47. The first kappa shape index (κ1) is 14.4. The summed E-state index contributed by atoms with van der Waals surface area (Å²) < 4.78 is 5.52. The standard InChI is InChI=1S/C21H20O/c1-22-21-13-12-19(14-17-8-4-2-5-9-17)16-20(21)15-18-10-6-3-7-11-18/h2-13,16H,14-15H2,1H3. The molecule has 1 heteroatoms. The van der Waals surface area contributed by atoms with Crippen molar-refractivity contribution in [1.82, 2.24) is 0 Å². The van der Waals surface area contributed by atoms with Crippen LogP contribution in [0.2, 0.25) is 0 Å². The van der Waals surface area contributed by atoms with Crippen LogP contribution in [0.15, 0.2) is 78.9 Å². The van der Waals surface area contributed by atoms with Gasteiger partial charge in [-0.3, -0.25) is 0 Å². The van der Waals surface area contributed by atoms with Crippen molar-refractivity contribution in [2.24, 2.45) is 0 Å². The van der Waals surface area contributed by atoms with E-state index in [0.717, 1.165) is 18.6 Å². The Kier molecular flexibility index (Phi) is 4.55. The minimum absolute atomic E-state index is 0.895. The number of ether oxygens (including phenoxy) is 1. The predicted octanol–water partition coefficient (Wildman–Crippen LogP) is 4.88. The van der Waals surface area contributed by atoms with Gasteiger partial charge in [0.15, 0.2) is 0 Å². The largest absolute Gasteiger partial charge is 0.496 e. The summed E-state index contributed by atoms with van der Waals surface area (Å²) in [5.74, 6) is 0.959.